The lowest BCUT2D eigenvalue weighted by Gasteiger charge is -2.17. The van der Waals surface area contributed by atoms with Crippen molar-refractivity contribution in [3.05, 3.63) is 35.4 Å². The van der Waals surface area contributed by atoms with Gasteiger partial charge in [-0.1, -0.05) is 35.0 Å². The van der Waals surface area contributed by atoms with E-state index in [4.69, 9.17) is 14.7 Å². The van der Waals surface area contributed by atoms with Crippen LogP contribution in [0.25, 0.3) is 0 Å². The van der Waals surface area contributed by atoms with Gasteiger partial charge in [0.15, 0.2) is 5.71 Å². The third-order valence-corrected chi connectivity index (χ3v) is 2.55. The van der Waals surface area contributed by atoms with Crippen molar-refractivity contribution >= 4 is 11.7 Å². The number of hydrogen-bond acceptors (Lipinski definition) is 5. The van der Waals surface area contributed by atoms with E-state index in [0.29, 0.717) is 6.61 Å². The van der Waals surface area contributed by atoms with Crippen molar-refractivity contribution < 1.29 is 19.5 Å². The lowest BCUT2D eigenvalue weighted by Crippen LogP contribution is -2.27. The van der Waals surface area contributed by atoms with E-state index in [1.54, 1.807) is 13.8 Å². The number of benzene rings is 1. The van der Waals surface area contributed by atoms with Gasteiger partial charge in [0.25, 0.3) is 0 Å². The first kappa shape index (κ1) is 15.2. The van der Waals surface area contributed by atoms with Crippen LogP contribution in [0.2, 0.25) is 0 Å². The van der Waals surface area contributed by atoms with Gasteiger partial charge in [-0.3, -0.25) is 0 Å². The zero-order valence-corrected chi connectivity index (χ0v) is 11.4. The molecule has 0 aliphatic heterocycles. The number of esters is 1. The quantitative estimate of drug-likeness (QED) is 0.371. The standard InChI is InChI=1S/C14H19NO4/c1-4-18-13(11-8-6-10(3)7-9-11)12(15-17)14(16)19-5-2/h6-9,13,17H,4-5H2,1-3H3/b15-12+. The van der Waals surface area contributed by atoms with Gasteiger partial charge in [0.2, 0.25) is 0 Å². The Morgan fingerprint density at radius 3 is 2.37 bits per heavy atom. The second-order valence-electron chi connectivity index (χ2n) is 3.95. The summed E-state index contributed by atoms with van der Waals surface area (Å²) in [5.74, 6) is -0.677. The number of carbonyl (C=O) groups is 1. The van der Waals surface area contributed by atoms with Crippen molar-refractivity contribution in [3.63, 3.8) is 0 Å². The molecule has 0 aromatic heterocycles. The van der Waals surface area contributed by atoms with Gasteiger partial charge in [-0.2, -0.15) is 0 Å². The molecule has 0 fully saturated rings. The topological polar surface area (TPSA) is 68.1 Å². The van der Waals surface area contributed by atoms with Crippen molar-refractivity contribution in [3.8, 4) is 0 Å². The summed E-state index contributed by atoms with van der Waals surface area (Å²) in [6.45, 7) is 6.06. The molecule has 104 valence electrons. The van der Waals surface area contributed by atoms with Gasteiger partial charge in [-0.25, -0.2) is 4.79 Å². The highest BCUT2D eigenvalue weighted by Crippen LogP contribution is 2.20. The van der Waals surface area contributed by atoms with E-state index in [-0.39, 0.29) is 12.3 Å². The Morgan fingerprint density at radius 2 is 1.89 bits per heavy atom. The van der Waals surface area contributed by atoms with Gasteiger partial charge < -0.3 is 14.7 Å². The molecule has 0 spiro atoms. The second-order valence-corrected chi connectivity index (χ2v) is 3.95. The first-order chi connectivity index (χ1) is 9.13. The molecule has 0 aliphatic rings. The molecule has 0 radical (unpaired) electrons. The Balaban J connectivity index is 3.04. The van der Waals surface area contributed by atoms with Crippen LogP contribution < -0.4 is 0 Å². The maximum atomic E-state index is 11.7. The normalized spacial score (nSPS) is 13.1. The first-order valence-corrected chi connectivity index (χ1v) is 6.21. The summed E-state index contributed by atoms with van der Waals surface area (Å²) in [5, 5.41) is 12.1. The predicted octanol–water partition coefficient (Wildman–Crippen LogP) is 2.47. The SMILES string of the molecule is CCOC(=O)/C(=N/O)C(OCC)c1ccc(C)cc1. The number of hydrogen-bond donors (Lipinski definition) is 1. The number of ether oxygens (including phenoxy) is 2. The van der Waals surface area contributed by atoms with Gasteiger partial charge in [0, 0.05) is 6.61 Å². The van der Waals surface area contributed by atoms with E-state index < -0.39 is 12.1 Å². The lowest BCUT2D eigenvalue weighted by molar-refractivity contribution is -0.136. The molecular weight excluding hydrogens is 246 g/mol. The fourth-order valence-corrected chi connectivity index (χ4v) is 1.65. The molecular formula is C14H19NO4. The van der Waals surface area contributed by atoms with Crippen molar-refractivity contribution in [2.45, 2.75) is 26.9 Å². The Kier molecular flexibility index (Phi) is 6.02. The number of rotatable bonds is 6. The Bertz CT molecular complexity index is 439. The Hall–Kier alpha value is -1.88. The van der Waals surface area contributed by atoms with Crippen LogP contribution in [0.3, 0.4) is 0 Å². The predicted molar refractivity (Wildman–Crippen MR) is 71.4 cm³/mol. The summed E-state index contributed by atoms with van der Waals surface area (Å²) in [7, 11) is 0. The molecule has 1 atom stereocenters. The van der Waals surface area contributed by atoms with Gasteiger partial charge in [-0.15, -0.1) is 0 Å². The smallest absolute Gasteiger partial charge is 0.359 e. The van der Waals surface area contributed by atoms with Crippen molar-refractivity contribution in [2.24, 2.45) is 5.16 Å². The summed E-state index contributed by atoms with van der Waals surface area (Å²) in [5.41, 5.74) is 1.69. The molecule has 5 nitrogen and oxygen atoms in total. The van der Waals surface area contributed by atoms with Crippen LogP contribution in [0, 0.1) is 6.92 Å². The molecule has 1 rings (SSSR count). The van der Waals surface area contributed by atoms with Gasteiger partial charge in [0.1, 0.15) is 6.10 Å². The van der Waals surface area contributed by atoms with E-state index >= 15 is 0 Å². The second kappa shape index (κ2) is 7.53. The highest BCUT2D eigenvalue weighted by Gasteiger charge is 2.27. The van der Waals surface area contributed by atoms with E-state index in [9.17, 15) is 4.79 Å². The van der Waals surface area contributed by atoms with Crippen LogP contribution in [0.5, 0.6) is 0 Å². The molecule has 1 N–H and O–H groups in total. The van der Waals surface area contributed by atoms with Gasteiger partial charge in [-0.05, 0) is 26.3 Å². The summed E-state index contributed by atoms with van der Waals surface area (Å²) in [6, 6.07) is 7.48. The number of nitrogens with zero attached hydrogens (tertiary/aromatic N) is 1. The molecule has 0 saturated heterocycles. The molecule has 0 amide bonds. The van der Waals surface area contributed by atoms with Crippen molar-refractivity contribution in [1.82, 2.24) is 0 Å². The molecule has 0 saturated carbocycles. The lowest BCUT2D eigenvalue weighted by atomic mass is 10.0. The number of aryl methyl sites for hydroxylation is 1. The highest BCUT2D eigenvalue weighted by molar-refractivity contribution is 6.38. The largest absolute Gasteiger partial charge is 0.461 e. The molecule has 0 heterocycles. The zero-order valence-electron chi connectivity index (χ0n) is 11.4. The van der Waals surface area contributed by atoms with E-state index in [2.05, 4.69) is 5.16 Å². The molecule has 1 aromatic rings. The minimum Gasteiger partial charge on any atom is -0.461 e. The third-order valence-electron chi connectivity index (χ3n) is 2.55. The number of carbonyl (C=O) groups excluding carboxylic acids is 1. The maximum Gasteiger partial charge on any atom is 0.359 e. The van der Waals surface area contributed by atoms with Crippen LogP contribution in [0.1, 0.15) is 31.1 Å². The van der Waals surface area contributed by atoms with Crippen molar-refractivity contribution in [1.29, 1.82) is 0 Å². The average Bonchev–Trinajstić information content (AvgIpc) is 2.40. The Labute approximate surface area is 112 Å². The molecule has 1 unspecified atom stereocenters. The molecule has 0 aliphatic carbocycles. The molecule has 5 heteroatoms. The maximum absolute atomic E-state index is 11.7. The van der Waals surface area contributed by atoms with E-state index in [1.807, 2.05) is 31.2 Å². The summed E-state index contributed by atoms with van der Waals surface area (Å²) < 4.78 is 10.4. The number of oxime groups is 1. The minimum absolute atomic E-state index is 0.146. The van der Waals surface area contributed by atoms with E-state index in [1.165, 1.54) is 0 Å². The molecule has 19 heavy (non-hydrogen) atoms. The van der Waals surface area contributed by atoms with Crippen molar-refractivity contribution in [2.75, 3.05) is 13.2 Å². The molecule has 1 aromatic carbocycles. The third kappa shape index (κ3) is 4.06. The zero-order chi connectivity index (χ0) is 14.3. The van der Waals surface area contributed by atoms with Crippen LogP contribution in [-0.4, -0.2) is 30.1 Å². The van der Waals surface area contributed by atoms with Crippen LogP contribution in [0.15, 0.2) is 29.4 Å². The van der Waals surface area contributed by atoms with Gasteiger partial charge >= 0.3 is 5.97 Å². The monoisotopic (exact) mass is 265 g/mol. The fourth-order valence-electron chi connectivity index (χ4n) is 1.65. The summed E-state index contributed by atoms with van der Waals surface area (Å²) in [4.78, 5) is 11.7. The fraction of sp³-hybridized carbons (Fsp3) is 0.429. The van der Waals surface area contributed by atoms with Crippen LogP contribution in [-0.2, 0) is 14.3 Å². The van der Waals surface area contributed by atoms with Crippen LogP contribution >= 0.6 is 0 Å². The molecule has 0 bridgehead atoms. The first-order valence-electron chi connectivity index (χ1n) is 6.21. The Morgan fingerprint density at radius 1 is 1.26 bits per heavy atom. The average molecular weight is 265 g/mol. The summed E-state index contributed by atoms with van der Waals surface area (Å²) >= 11 is 0. The summed E-state index contributed by atoms with van der Waals surface area (Å²) in [6.07, 6.45) is -0.727. The van der Waals surface area contributed by atoms with Crippen LogP contribution in [0.4, 0.5) is 0 Å². The minimum atomic E-state index is -0.727. The van der Waals surface area contributed by atoms with Gasteiger partial charge in [0.05, 0.1) is 6.61 Å². The van der Waals surface area contributed by atoms with E-state index in [0.717, 1.165) is 11.1 Å². The highest BCUT2D eigenvalue weighted by atomic mass is 16.5.